The van der Waals surface area contributed by atoms with E-state index in [1.54, 1.807) is 4.90 Å². The SMILES string of the molecule is C[C@H]1OCCN[C@@H]1C(=O)N(C)CCc1ccc(Br)cc1. The molecule has 0 aliphatic carbocycles. The van der Waals surface area contributed by atoms with E-state index in [-0.39, 0.29) is 18.1 Å². The highest BCUT2D eigenvalue weighted by atomic mass is 79.9. The van der Waals surface area contributed by atoms with Crippen molar-refractivity contribution in [1.82, 2.24) is 10.2 Å². The number of nitrogens with one attached hydrogen (secondary N) is 1. The van der Waals surface area contributed by atoms with E-state index >= 15 is 0 Å². The predicted octanol–water partition coefficient (Wildman–Crippen LogP) is 1.83. The first-order chi connectivity index (χ1) is 9.58. The van der Waals surface area contributed by atoms with Crippen molar-refractivity contribution in [2.45, 2.75) is 25.5 Å². The second-order valence-corrected chi connectivity index (χ2v) is 6.06. The van der Waals surface area contributed by atoms with Crippen molar-refractivity contribution in [3.63, 3.8) is 0 Å². The minimum absolute atomic E-state index is 0.0635. The first-order valence-corrected chi connectivity index (χ1v) is 7.71. The van der Waals surface area contributed by atoms with Gasteiger partial charge in [-0.05, 0) is 31.0 Å². The lowest BCUT2D eigenvalue weighted by Crippen LogP contribution is -2.55. The maximum absolute atomic E-state index is 12.4. The molecule has 1 aliphatic rings. The van der Waals surface area contributed by atoms with Gasteiger partial charge in [-0.2, -0.15) is 0 Å². The van der Waals surface area contributed by atoms with Gasteiger partial charge in [-0.25, -0.2) is 0 Å². The van der Waals surface area contributed by atoms with Crippen LogP contribution in [0.5, 0.6) is 0 Å². The molecule has 1 fully saturated rings. The largest absolute Gasteiger partial charge is 0.375 e. The number of morpholine rings is 1. The monoisotopic (exact) mass is 340 g/mol. The summed E-state index contributed by atoms with van der Waals surface area (Å²) in [5.41, 5.74) is 1.23. The number of rotatable bonds is 4. The average Bonchev–Trinajstić information content (AvgIpc) is 2.46. The van der Waals surface area contributed by atoms with E-state index in [2.05, 4.69) is 33.4 Å². The topological polar surface area (TPSA) is 41.6 Å². The van der Waals surface area contributed by atoms with Gasteiger partial charge in [0.05, 0.1) is 12.7 Å². The Morgan fingerprint density at radius 3 is 2.80 bits per heavy atom. The van der Waals surface area contributed by atoms with Crippen LogP contribution in [0.1, 0.15) is 12.5 Å². The lowest BCUT2D eigenvalue weighted by atomic mass is 10.1. The molecule has 1 aliphatic heterocycles. The number of ether oxygens (including phenoxy) is 1. The zero-order valence-electron chi connectivity index (χ0n) is 11.9. The predicted molar refractivity (Wildman–Crippen MR) is 82.7 cm³/mol. The Bertz CT molecular complexity index is 450. The molecule has 1 saturated heterocycles. The Hall–Kier alpha value is -0.910. The number of amides is 1. The maximum Gasteiger partial charge on any atom is 0.242 e. The highest BCUT2D eigenvalue weighted by Crippen LogP contribution is 2.12. The number of carbonyl (C=O) groups excluding carboxylic acids is 1. The van der Waals surface area contributed by atoms with Crippen LogP contribution in [-0.4, -0.2) is 49.7 Å². The molecule has 0 spiro atoms. The number of carbonyl (C=O) groups is 1. The first-order valence-electron chi connectivity index (χ1n) is 6.92. The van der Waals surface area contributed by atoms with Crippen molar-refractivity contribution in [2.75, 3.05) is 26.7 Å². The van der Waals surface area contributed by atoms with Crippen LogP contribution in [-0.2, 0) is 16.0 Å². The summed E-state index contributed by atoms with van der Waals surface area (Å²) in [4.78, 5) is 14.1. The van der Waals surface area contributed by atoms with E-state index < -0.39 is 0 Å². The molecule has 2 atom stereocenters. The number of nitrogens with zero attached hydrogens (tertiary/aromatic N) is 1. The molecule has 110 valence electrons. The molecule has 4 nitrogen and oxygen atoms in total. The lowest BCUT2D eigenvalue weighted by molar-refractivity contribution is -0.138. The third-order valence-electron chi connectivity index (χ3n) is 3.61. The average molecular weight is 341 g/mol. The van der Waals surface area contributed by atoms with Crippen LogP contribution in [0.4, 0.5) is 0 Å². The van der Waals surface area contributed by atoms with E-state index in [0.29, 0.717) is 13.2 Å². The standard InChI is InChI=1S/C15H21BrN2O2/c1-11-14(17-8-10-20-11)15(19)18(2)9-7-12-3-5-13(16)6-4-12/h3-6,11,14,17H,7-10H2,1-2H3/t11-,14+/m1/s1. The Balaban J connectivity index is 1.86. The summed E-state index contributed by atoms with van der Waals surface area (Å²) in [5.74, 6) is 0.106. The summed E-state index contributed by atoms with van der Waals surface area (Å²) in [6.07, 6.45) is 0.795. The van der Waals surface area contributed by atoms with Gasteiger partial charge in [0.2, 0.25) is 5.91 Å². The third kappa shape index (κ3) is 4.04. The number of likely N-dealkylation sites (N-methyl/N-ethyl adjacent to an activating group) is 1. The molecule has 20 heavy (non-hydrogen) atoms. The molecular weight excluding hydrogens is 320 g/mol. The van der Waals surface area contributed by atoms with E-state index in [1.807, 2.05) is 26.1 Å². The van der Waals surface area contributed by atoms with Crippen LogP contribution in [0, 0.1) is 0 Å². The fourth-order valence-corrected chi connectivity index (χ4v) is 2.57. The lowest BCUT2D eigenvalue weighted by Gasteiger charge is -2.32. The van der Waals surface area contributed by atoms with E-state index in [9.17, 15) is 4.79 Å². The summed E-state index contributed by atoms with van der Waals surface area (Å²) < 4.78 is 6.59. The molecule has 0 aromatic heterocycles. The maximum atomic E-state index is 12.4. The van der Waals surface area contributed by atoms with Gasteiger partial charge in [-0.3, -0.25) is 4.79 Å². The van der Waals surface area contributed by atoms with Crippen LogP contribution >= 0.6 is 15.9 Å². The molecule has 1 amide bonds. The van der Waals surface area contributed by atoms with Crippen molar-refractivity contribution >= 4 is 21.8 Å². The van der Waals surface area contributed by atoms with Gasteiger partial charge in [0.15, 0.2) is 0 Å². The molecule has 0 bridgehead atoms. The number of halogens is 1. The van der Waals surface area contributed by atoms with E-state index in [1.165, 1.54) is 5.56 Å². The van der Waals surface area contributed by atoms with Crippen molar-refractivity contribution < 1.29 is 9.53 Å². The molecule has 0 saturated carbocycles. The highest BCUT2D eigenvalue weighted by Gasteiger charge is 2.30. The smallest absolute Gasteiger partial charge is 0.242 e. The van der Waals surface area contributed by atoms with Gasteiger partial charge in [0, 0.05) is 24.6 Å². The second-order valence-electron chi connectivity index (χ2n) is 5.14. The van der Waals surface area contributed by atoms with E-state index in [4.69, 9.17) is 4.74 Å². The summed E-state index contributed by atoms with van der Waals surface area (Å²) in [6, 6.07) is 7.98. The van der Waals surface area contributed by atoms with Gasteiger partial charge in [0.1, 0.15) is 6.04 Å². The van der Waals surface area contributed by atoms with Crippen LogP contribution in [0.25, 0.3) is 0 Å². The molecule has 0 unspecified atom stereocenters. The molecule has 1 aromatic rings. The molecule has 2 rings (SSSR count). The Morgan fingerprint density at radius 2 is 2.15 bits per heavy atom. The van der Waals surface area contributed by atoms with Crippen LogP contribution in [0.3, 0.4) is 0 Å². The Morgan fingerprint density at radius 1 is 1.45 bits per heavy atom. The number of benzene rings is 1. The van der Waals surface area contributed by atoms with Crippen molar-refractivity contribution in [3.05, 3.63) is 34.3 Å². The highest BCUT2D eigenvalue weighted by molar-refractivity contribution is 9.10. The van der Waals surface area contributed by atoms with Crippen LogP contribution in [0.15, 0.2) is 28.7 Å². The molecule has 5 heteroatoms. The van der Waals surface area contributed by atoms with Crippen molar-refractivity contribution in [3.8, 4) is 0 Å². The molecule has 1 aromatic carbocycles. The zero-order chi connectivity index (χ0) is 14.5. The molecule has 0 radical (unpaired) electrons. The summed E-state index contributed by atoms with van der Waals surface area (Å²) in [5, 5.41) is 3.23. The fourth-order valence-electron chi connectivity index (χ4n) is 2.31. The van der Waals surface area contributed by atoms with Gasteiger partial charge in [0.25, 0.3) is 0 Å². The summed E-state index contributed by atoms with van der Waals surface area (Å²) in [6.45, 7) is 4.07. The Kier molecular flexibility index (Phi) is 5.57. The molecule has 1 N–H and O–H groups in total. The zero-order valence-corrected chi connectivity index (χ0v) is 13.5. The fraction of sp³-hybridized carbons (Fsp3) is 0.533. The normalized spacial score (nSPS) is 22.6. The number of hydrogen-bond acceptors (Lipinski definition) is 3. The molecular formula is C15H21BrN2O2. The third-order valence-corrected chi connectivity index (χ3v) is 4.14. The van der Waals surface area contributed by atoms with Gasteiger partial charge in [-0.15, -0.1) is 0 Å². The second kappa shape index (κ2) is 7.20. The van der Waals surface area contributed by atoms with Crippen molar-refractivity contribution in [2.24, 2.45) is 0 Å². The van der Waals surface area contributed by atoms with Crippen LogP contribution in [0.2, 0.25) is 0 Å². The minimum Gasteiger partial charge on any atom is -0.375 e. The van der Waals surface area contributed by atoms with Gasteiger partial charge in [-0.1, -0.05) is 28.1 Å². The molecule has 1 heterocycles. The van der Waals surface area contributed by atoms with E-state index in [0.717, 1.165) is 17.4 Å². The quantitative estimate of drug-likeness (QED) is 0.909. The van der Waals surface area contributed by atoms with Gasteiger partial charge < -0.3 is 15.0 Å². The Labute approximate surface area is 128 Å². The van der Waals surface area contributed by atoms with Crippen molar-refractivity contribution in [1.29, 1.82) is 0 Å². The summed E-state index contributed by atoms with van der Waals surface area (Å²) in [7, 11) is 1.85. The van der Waals surface area contributed by atoms with Gasteiger partial charge >= 0.3 is 0 Å². The minimum atomic E-state index is -0.223. The van der Waals surface area contributed by atoms with Crippen LogP contribution < -0.4 is 5.32 Å². The number of hydrogen-bond donors (Lipinski definition) is 1. The summed E-state index contributed by atoms with van der Waals surface area (Å²) >= 11 is 3.42. The first kappa shape index (κ1) is 15.5.